The van der Waals surface area contributed by atoms with Gasteiger partial charge in [-0.1, -0.05) is 42.7 Å². The van der Waals surface area contributed by atoms with E-state index in [0.717, 1.165) is 18.8 Å². The zero-order chi connectivity index (χ0) is 9.97. The van der Waals surface area contributed by atoms with E-state index in [-0.39, 0.29) is 6.10 Å². The van der Waals surface area contributed by atoms with Crippen LogP contribution >= 0.6 is 0 Å². The van der Waals surface area contributed by atoms with Gasteiger partial charge in [0.25, 0.3) is 0 Å². The van der Waals surface area contributed by atoms with E-state index in [9.17, 15) is 5.11 Å². The molecule has 0 saturated heterocycles. The van der Waals surface area contributed by atoms with Gasteiger partial charge in [-0.2, -0.15) is 0 Å². The van der Waals surface area contributed by atoms with Gasteiger partial charge in [0.1, 0.15) is 0 Å². The van der Waals surface area contributed by atoms with E-state index in [1.165, 1.54) is 24.0 Å². The Labute approximate surface area is 85.8 Å². The summed E-state index contributed by atoms with van der Waals surface area (Å²) in [5, 5.41) is 9.80. The van der Waals surface area contributed by atoms with Crippen LogP contribution in [0, 0.1) is 12.8 Å². The molecular formula is C13H18O. The van der Waals surface area contributed by atoms with Crippen molar-refractivity contribution in [1.29, 1.82) is 0 Å². The summed E-state index contributed by atoms with van der Waals surface area (Å²) in [4.78, 5) is 0. The van der Waals surface area contributed by atoms with Crippen LogP contribution in [-0.4, -0.2) is 11.2 Å². The molecule has 1 N–H and O–H groups in total. The van der Waals surface area contributed by atoms with Gasteiger partial charge in [-0.05, 0) is 31.2 Å². The maximum atomic E-state index is 9.80. The van der Waals surface area contributed by atoms with Crippen molar-refractivity contribution < 1.29 is 5.11 Å². The normalized spacial score (nSPS) is 18.1. The maximum Gasteiger partial charge on any atom is 0.0583 e. The summed E-state index contributed by atoms with van der Waals surface area (Å²) in [5.41, 5.74) is 2.54. The monoisotopic (exact) mass is 190 g/mol. The molecule has 2 rings (SSSR count). The predicted molar refractivity (Wildman–Crippen MR) is 58.2 cm³/mol. The zero-order valence-electron chi connectivity index (χ0n) is 8.74. The molecule has 1 nitrogen and oxygen atoms in total. The average molecular weight is 190 g/mol. The summed E-state index contributed by atoms with van der Waals surface area (Å²) in [7, 11) is 0. The van der Waals surface area contributed by atoms with Gasteiger partial charge in [-0.15, -0.1) is 0 Å². The summed E-state index contributed by atoms with van der Waals surface area (Å²) in [6, 6.07) is 8.42. The number of benzene rings is 1. The van der Waals surface area contributed by atoms with Crippen LogP contribution in [0.1, 0.15) is 30.4 Å². The number of aryl methyl sites for hydroxylation is 1. The van der Waals surface area contributed by atoms with Gasteiger partial charge in [0.15, 0.2) is 0 Å². The van der Waals surface area contributed by atoms with E-state index >= 15 is 0 Å². The SMILES string of the molecule is Cc1cccc(CC(O)CC2CC2)c1. The van der Waals surface area contributed by atoms with E-state index in [4.69, 9.17) is 0 Å². The molecule has 0 spiro atoms. The molecule has 0 bridgehead atoms. The molecule has 1 saturated carbocycles. The number of rotatable bonds is 4. The molecule has 0 aromatic heterocycles. The van der Waals surface area contributed by atoms with Crippen LogP contribution in [-0.2, 0) is 6.42 Å². The Morgan fingerprint density at radius 3 is 2.86 bits per heavy atom. The minimum absolute atomic E-state index is 0.135. The van der Waals surface area contributed by atoms with Crippen molar-refractivity contribution >= 4 is 0 Å². The largest absolute Gasteiger partial charge is 0.393 e. The first-order valence-corrected chi connectivity index (χ1v) is 5.47. The highest BCUT2D eigenvalue weighted by Crippen LogP contribution is 2.34. The molecule has 1 aliphatic rings. The van der Waals surface area contributed by atoms with Crippen LogP contribution in [0.15, 0.2) is 24.3 Å². The molecule has 0 radical (unpaired) electrons. The van der Waals surface area contributed by atoms with Gasteiger partial charge in [0, 0.05) is 0 Å². The summed E-state index contributed by atoms with van der Waals surface area (Å²) in [6.45, 7) is 2.09. The van der Waals surface area contributed by atoms with Crippen LogP contribution in [0.4, 0.5) is 0 Å². The fraction of sp³-hybridized carbons (Fsp3) is 0.538. The Morgan fingerprint density at radius 2 is 2.21 bits per heavy atom. The summed E-state index contributed by atoms with van der Waals surface area (Å²) in [6.07, 6.45) is 4.33. The van der Waals surface area contributed by atoms with Crippen molar-refractivity contribution in [3.8, 4) is 0 Å². The second-order valence-corrected chi connectivity index (χ2v) is 4.53. The number of aliphatic hydroxyl groups excluding tert-OH is 1. The number of hydrogen-bond acceptors (Lipinski definition) is 1. The second-order valence-electron chi connectivity index (χ2n) is 4.53. The molecule has 76 valence electrons. The standard InChI is InChI=1S/C13H18O/c1-10-3-2-4-12(7-10)9-13(14)8-11-5-6-11/h2-4,7,11,13-14H,5-6,8-9H2,1H3. The van der Waals surface area contributed by atoms with Crippen LogP contribution in [0.25, 0.3) is 0 Å². The Morgan fingerprint density at radius 1 is 1.43 bits per heavy atom. The van der Waals surface area contributed by atoms with Crippen LogP contribution < -0.4 is 0 Å². The summed E-state index contributed by atoms with van der Waals surface area (Å²) in [5.74, 6) is 0.815. The first-order chi connectivity index (χ1) is 6.74. The van der Waals surface area contributed by atoms with Crippen LogP contribution in [0.5, 0.6) is 0 Å². The lowest BCUT2D eigenvalue weighted by atomic mass is 10.0. The van der Waals surface area contributed by atoms with Crippen LogP contribution in [0.3, 0.4) is 0 Å². The van der Waals surface area contributed by atoms with Crippen molar-refractivity contribution in [2.75, 3.05) is 0 Å². The van der Waals surface area contributed by atoms with Crippen molar-refractivity contribution in [3.05, 3.63) is 35.4 Å². The van der Waals surface area contributed by atoms with E-state index < -0.39 is 0 Å². The number of aliphatic hydroxyl groups is 1. The van der Waals surface area contributed by atoms with Crippen molar-refractivity contribution in [1.82, 2.24) is 0 Å². The molecule has 1 aliphatic carbocycles. The molecule has 1 fully saturated rings. The van der Waals surface area contributed by atoms with Gasteiger partial charge in [-0.3, -0.25) is 0 Å². The molecule has 0 heterocycles. The van der Waals surface area contributed by atoms with Gasteiger partial charge >= 0.3 is 0 Å². The molecule has 0 amide bonds. The second kappa shape index (κ2) is 4.14. The zero-order valence-corrected chi connectivity index (χ0v) is 8.74. The first kappa shape index (κ1) is 9.72. The molecule has 14 heavy (non-hydrogen) atoms. The third kappa shape index (κ3) is 2.85. The topological polar surface area (TPSA) is 20.2 Å². The first-order valence-electron chi connectivity index (χ1n) is 5.47. The van der Waals surface area contributed by atoms with E-state index in [1.54, 1.807) is 0 Å². The van der Waals surface area contributed by atoms with Gasteiger partial charge in [0.05, 0.1) is 6.10 Å². The van der Waals surface area contributed by atoms with Gasteiger partial charge in [-0.25, -0.2) is 0 Å². The summed E-state index contributed by atoms with van der Waals surface area (Å²) >= 11 is 0. The Bertz CT molecular complexity index is 302. The van der Waals surface area contributed by atoms with Crippen LogP contribution in [0.2, 0.25) is 0 Å². The molecule has 1 unspecified atom stereocenters. The Hall–Kier alpha value is -0.820. The molecular weight excluding hydrogens is 172 g/mol. The van der Waals surface area contributed by atoms with E-state index in [1.807, 2.05) is 0 Å². The quantitative estimate of drug-likeness (QED) is 0.774. The number of hydrogen-bond donors (Lipinski definition) is 1. The smallest absolute Gasteiger partial charge is 0.0583 e. The van der Waals surface area contributed by atoms with Gasteiger partial charge < -0.3 is 5.11 Å². The molecule has 1 heteroatoms. The lowest BCUT2D eigenvalue weighted by molar-refractivity contribution is 0.158. The minimum Gasteiger partial charge on any atom is -0.393 e. The van der Waals surface area contributed by atoms with Crippen molar-refractivity contribution in [2.45, 2.75) is 38.7 Å². The third-order valence-electron chi connectivity index (χ3n) is 2.86. The fourth-order valence-electron chi connectivity index (χ4n) is 1.93. The van der Waals surface area contributed by atoms with Crippen molar-refractivity contribution in [2.24, 2.45) is 5.92 Å². The minimum atomic E-state index is -0.135. The Kier molecular flexibility index (Phi) is 2.87. The lowest BCUT2D eigenvalue weighted by Crippen LogP contribution is -2.11. The molecule has 1 aromatic carbocycles. The Balaban J connectivity index is 1.88. The highest BCUT2D eigenvalue weighted by molar-refractivity contribution is 5.22. The van der Waals surface area contributed by atoms with Gasteiger partial charge in [0.2, 0.25) is 0 Å². The lowest BCUT2D eigenvalue weighted by Gasteiger charge is -2.09. The maximum absolute atomic E-state index is 9.80. The molecule has 1 atom stereocenters. The van der Waals surface area contributed by atoms with E-state index in [2.05, 4.69) is 31.2 Å². The predicted octanol–water partition coefficient (Wildman–Crippen LogP) is 2.70. The fourth-order valence-corrected chi connectivity index (χ4v) is 1.93. The molecule has 0 aliphatic heterocycles. The van der Waals surface area contributed by atoms with Crippen molar-refractivity contribution in [3.63, 3.8) is 0 Å². The highest BCUT2D eigenvalue weighted by Gasteiger charge is 2.24. The summed E-state index contributed by atoms with van der Waals surface area (Å²) < 4.78 is 0. The highest BCUT2D eigenvalue weighted by atomic mass is 16.3. The third-order valence-corrected chi connectivity index (χ3v) is 2.86. The van der Waals surface area contributed by atoms with E-state index in [0.29, 0.717) is 0 Å². The molecule has 1 aromatic rings. The average Bonchev–Trinajstić information content (AvgIpc) is 2.87.